The highest BCUT2D eigenvalue weighted by molar-refractivity contribution is 8.14. The van der Waals surface area contributed by atoms with E-state index >= 15 is 0 Å². The minimum absolute atomic E-state index is 0.377. The molecule has 0 aromatic carbocycles. The van der Waals surface area contributed by atoms with Crippen molar-refractivity contribution in [2.24, 2.45) is 10.9 Å². The second kappa shape index (κ2) is 6.10. The van der Waals surface area contributed by atoms with Crippen molar-refractivity contribution >= 4 is 16.9 Å². The van der Waals surface area contributed by atoms with E-state index < -0.39 is 0 Å². The van der Waals surface area contributed by atoms with Crippen LogP contribution in [0.2, 0.25) is 0 Å². The van der Waals surface area contributed by atoms with Crippen molar-refractivity contribution in [3.63, 3.8) is 0 Å². The summed E-state index contributed by atoms with van der Waals surface area (Å²) in [6.07, 6.45) is 4.02. The molecule has 2 rings (SSSR count). The predicted octanol–water partition coefficient (Wildman–Crippen LogP) is 2.66. The molecule has 1 fully saturated rings. The summed E-state index contributed by atoms with van der Waals surface area (Å²) >= 11 is 1.91. The molecule has 3 nitrogen and oxygen atoms in total. The zero-order chi connectivity index (χ0) is 12.3. The number of thioether (sulfide) groups is 1. The van der Waals surface area contributed by atoms with Crippen molar-refractivity contribution in [1.82, 2.24) is 5.32 Å². The molecular weight excluding hydrogens is 232 g/mol. The number of hydrogen-bond donors (Lipinski definition) is 1. The normalized spacial score (nSPS) is 30.7. The molecule has 4 heteroatoms. The first kappa shape index (κ1) is 13.2. The van der Waals surface area contributed by atoms with E-state index in [0.29, 0.717) is 17.4 Å². The summed E-state index contributed by atoms with van der Waals surface area (Å²) in [7, 11) is 0. The molecule has 2 heterocycles. The Kier molecular flexibility index (Phi) is 4.74. The standard InChI is InChI=1S/C13H24N2OS/c1-9(2)7-11-8-14-13(17-11)15-10(3)12-5-4-6-16-12/h9-12H,4-8H2,1-3H3,(H,14,15). The van der Waals surface area contributed by atoms with Gasteiger partial charge in [0.25, 0.3) is 0 Å². The van der Waals surface area contributed by atoms with Crippen molar-refractivity contribution in [3.8, 4) is 0 Å². The van der Waals surface area contributed by atoms with Crippen molar-refractivity contribution in [3.05, 3.63) is 0 Å². The minimum atomic E-state index is 0.377. The lowest BCUT2D eigenvalue weighted by atomic mass is 10.1. The third-order valence-electron chi connectivity index (χ3n) is 3.32. The fraction of sp³-hybridized carbons (Fsp3) is 0.923. The summed E-state index contributed by atoms with van der Waals surface area (Å²) in [5.74, 6) is 0.762. The summed E-state index contributed by atoms with van der Waals surface area (Å²) in [4.78, 5) is 4.59. The Hall–Kier alpha value is -0.220. The van der Waals surface area contributed by atoms with Gasteiger partial charge in [0.15, 0.2) is 5.17 Å². The lowest BCUT2D eigenvalue weighted by molar-refractivity contribution is 0.0896. The number of ether oxygens (including phenoxy) is 1. The Balaban J connectivity index is 1.73. The molecule has 2 aliphatic heterocycles. The van der Waals surface area contributed by atoms with Gasteiger partial charge in [-0.3, -0.25) is 4.99 Å². The Labute approximate surface area is 109 Å². The first-order valence-corrected chi connectivity index (χ1v) is 7.62. The van der Waals surface area contributed by atoms with Gasteiger partial charge >= 0.3 is 0 Å². The lowest BCUT2D eigenvalue weighted by Gasteiger charge is -2.21. The SMILES string of the molecule is CC(C)CC1CN=C(NC(C)C2CCCO2)S1. The molecule has 0 aromatic heterocycles. The molecule has 0 bridgehead atoms. The maximum absolute atomic E-state index is 5.69. The first-order valence-electron chi connectivity index (χ1n) is 6.74. The zero-order valence-electron chi connectivity index (χ0n) is 11.1. The van der Waals surface area contributed by atoms with Gasteiger partial charge in [-0.05, 0) is 32.1 Å². The van der Waals surface area contributed by atoms with Crippen LogP contribution in [-0.4, -0.2) is 35.7 Å². The van der Waals surface area contributed by atoms with Gasteiger partial charge in [0.05, 0.1) is 18.7 Å². The highest BCUT2D eigenvalue weighted by Gasteiger charge is 2.26. The second-order valence-corrected chi connectivity index (χ2v) is 6.79. The third-order valence-corrected chi connectivity index (χ3v) is 4.47. The average molecular weight is 256 g/mol. The van der Waals surface area contributed by atoms with Crippen LogP contribution < -0.4 is 5.32 Å². The van der Waals surface area contributed by atoms with E-state index in [9.17, 15) is 0 Å². The van der Waals surface area contributed by atoms with E-state index in [1.54, 1.807) is 0 Å². The molecule has 0 aliphatic carbocycles. The van der Waals surface area contributed by atoms with Gasteiger partial charge in [-0.2, -0.15) is 0 Å². The number of amidine groups is 1. The van der Waals surface area contributed by atoms with Crippen LogP contribution in [-0.2, 0) is 4.74 Å². The molecule has 0 radical (unpaired) electrons. The van der Waals surface area contributed by atoms with Crippen LogP contribution in [0.1, 0.15) is 40.0 Å². The maximum atomic E-state index is 5.69. The van der Waals surface area contributed by atoms with Gasteiger partial charge in [0, 0.05) is 11.9 Å². The summed E-state index contributed by atoms with van der Waals surface area (Å²) in [5, 5.41) is 5.31. The fourth-order valence-electron chi connectivity index (χ4n) is 2.43. The number of nitrogens with one attached hydrogen (secondary N) is 1. The quantitative estimate of drug-likeness (QED) is 0.839. The molecule has 1 N–H and O–H groups in total. The molecule has 0 saturated carbocycles. The smallest absolute Gasteiger partial charge is 0.157 e. The molecule has 17 heavy (non-hydrogen) atoms. The van der Waals surface area contributed by atoms with E-state index in [0.717, 1.165) is 24.2 Å². The number of aliphatic imine (C=N–C) groups is 1. The fourth-order valence-corrected chi connectivity index (χ4v) is 3.78. The lowest BCUT2D eigenvalue weighted by Crippen LogP contribution is -2.39. The number of rotatable bonds is 4. The van der Waals surface area contributed by atoms with Gasteiger partial charge < -0.3 is 10.1 Å². The number of nitrogens with zero attached hydrogens (tertiary/aromatic N) is 1. The van der Waals surface area contributed by atoms with Gasteiger partial charge in [-0.15, -0.1) is 0 Å². The summed E-state index contributed by atoms with van der Waals surface area (Å²) in [6.45, 7) is 8.66. The van der Waals surface area contributed by atoms with Gasteiger partial charge in [0.2, 0.25) is 0 Å². The van der Waals surface area contributed by atoms with E-state index in [-0.39, 0.29) is 0 Å². The summed E-state index contributed by atoms with van der Waals surface area (Å²) in [5.41, 5.74) is 0. The van der Waals surface area contributed by atoms with Crippen molar-refractivity contribution < 1.29 is 4.74 Å². The van der Waals surface area contributed by atoms with Gasteiger partial charge in [-0.1, -0.05) is 25.6 Å². The average Bonchev–Trinajstić information content (AvgIpc) is 2.87. The Morgan fingerprint density at radius 1 is 1.47 bits per heavy atom. The van der Waals surface area contributed by atoms with E-state index in [1.807, 2.05) is 11.8 Å². The third kappa shape index (κ3) is 3.88. The summed E-state index contributed by atoms with van der Waals surface area (Å²) in [6, 6.07) is 0.390. The molecular formula is C13H24N2OS. The zero-order valence-corrected chi connectivity index (χ0v) is 11.9. The predicted molar refractivity (Wildman–Crippen MR) is 74.7 cm³/mol. The molecule has 3 unspecified atom stereocenters. The molecule has 2 aliphatic rings. The van der Waals surface area contributed by atoms with Gasteiger partial charge in [-0.25, -0.2) is 0 Å². The monoisotopic (exact) mass is 256 g/mol. The second-order valence-electron chi connectivity index (χ2n) is 5.50. The summed E-state index contributed by atoms with van der Waals surface area (Å²) < 4.78 is 5.69. The molecule has 1 saturated heterocycles. The number of hydrogen-bond acceptors (Lipinski definition) is 4. The van der Waals surface area contributed by atoms with Crippen LogP contribution in [0, 0.1) is 5.92 Å². The van der Waals surface area contributed by atoms with Crippen molar-refractivity contribution in [2.75, 3.05) is 13.2 Å². The van der Waals surface area contributed by atoms with Crippen LogP contribution in [0.4, 0.5) is 0 Å². The highest BCUT2D eigenvalue weighted by atomic mass is 32.2. The van der Waals surface area contributed by atoms with Crippen LogP contribution in [0.25, 0.3) is 0 Å². The topological polar surface area (TPSA) is 33.6 Å². The van der Waals surface area contributed by atoms with E-state index in [2.05, 4.69) is 31.1 Å². The van der Waals surface area contributed by atoms with Crippen LogP contribution in [0.5, 0.6) is 0 Å². The molecule has 0 amide bonds. The minimum Gasteiger partial charge on any atom is -0.376 e. The van der Waals surface area contributed by atoms with Crippen molar-refractivity contribution in [1.29, 1.82) is 0 Å². The maximum Gasteiger partial charge on any atom is 0.157 e. The largest absolute Gasteiger partial charge is 0.376 e. The Morgan fingerprint density at radius 2 is 2.29 bits per heavy atom. The Bertz CT molecular complexity index is 275. The van der Waals surface area contributed by atoms with Gasteiger partial charge in [0.1, 0.15) is 0 Å². The van der Waals surface area contributed by atoms with Crippen LogP contribution in [0.3, 0.4) is 0 Å². The molecule has 98 valence electrons. The highest BCUT2D eigenvalue weighted by Crippen LogP contribution is 2.26. The van der Waals surface area contributed by atoms with Crippen LogP contribution in [0.15, 0.2) is 4.99 Å². The Morgan fingerprint density at radius 3 is 2.94 bits per heavy atom. The molecule has 3 atom stereocenters. The van der Waals surface area contributed by atoms with Crippen molar-refractivity contribution in [2.45, 2.75) is 57.4 Å². The molecule has 0 aromatic rings. The van der Waals surface area contributed by atoms with Crippen LogP contribution >= 0.6 is 11.8 Å². The van der Waals surface area contributed by atoms with E-state index in [4.69, 9.17) is 4.74 Å². The molecule has 0 spiro atoms. The van der Waals surface area contributed by atoms with E-state index in [1.165, 1.54) is 19.3 Å². The first-order chi connectivity index (χ1) is 8.15.